The van der Waals surface area contributed by atoms with E-state index in [0.717, 1.165) is 24.1 Å². The molecule has 7 nitrogen and oxygen atoms in total. The van der Waals surface area contributed by atoms with Gasteiger partial charge in [-0.1, -0.05) is 5.16 Å². The van der Waals surface area contributed by atoms with Crippen LogP contribution in [-0.2, 0) is 4.79 Å². The highest BCUT2D eigenvalue weighted by atomic mass is 16.5. The molecule has 0 aliphatic heterocycles. The maximum atomic E-state index is 11.5. The van der Waals surface area contributed by atoms with Crippen molar-refractivity contribution in [2.45, 2.75) is 25.7 Å². The molecular weight excluding hydrogens is 294 g/mol. The average molecular weight is 309 g/mol. The van der Waals surface area contributed by atoms with Crippen LogP contribution in [0.15, 0.2) is 41.4 Å². The van der Waals surface area contributed by atoms with E-state index in [1.54, 1.807) is 12.5 Å². The van der Waals surface area contributed by atoms with Gasteiger partial charge in [0.05, 0.1) is 17.7 Å². The summed E-state index contributed by atoms with van der Waals surface area (Å²) in [6.07, 6.45) is 7.41. The van der Waals surface area contributed by atoms with E-state index in [4.69, 9.17) is 4.52 Å². The molecule has 1 fully saturated rings. The van der Waals surface area contributed by atoms with Crippen LogP contribution in [-0.4, -0.2) is 25.6 Å². The zero-order chi connectivity index (χ0) is 15.8. The zero-order valence-electron chi connectivity index (χ0n) is 12.6. The van der Waals surface area contributed by atoms with Crippen LogP contribution >= 0.6 is 0 Å². The molecule has 0 bridgehead atoms. The summed E-state index contributed by atoms with van der Waals surface area (Å²) in [6.45, 7) is 1.48. The number of anilines is 1. The van der Waals surface area contributed by atoms with Crippen molar-refractivity contribution >= 4 is 11.6 Å². The van der Waals surface area contributed by atoms with Crippen LogP contribution in [0.25, 0.3) is 17.1 Å². The van der Waals surface area contributed by atoms with Gasteiger partial charge in [0.15, 0.2) is 0 Å². The van der Waals surface area contributed by atoms with Crippen molar-refractivity contribution in [1.82, 2.24) is 19.7 Å². The summed E-state index contributed by atoms with van der Waals surface area (Å²) >= 11 is 0. The standard InChI is InChI=1S/C16H15N5O2/c1-10(22)18-13-8-12(4-5-14(13)21-7-6-17-9-21)15-19-16(23-20-15)11-2-3-11/h4-9,11H,2-3H2,1H3,(H,18,22). The Labute approximate surface area is 132 Å². The second-order valence-corrected chi connectivity index (χ2v) is 5.61. The Kier molecular flexibility index (Phi) is 3.18. The molecule has 0 unspecified atom stereocenters. The summed E-state index contributed by atoms with van der Waals surface area (Å²) in [6, 6.07) is 5.65. The molecule has 116 valence electrons. The van der Waals surface area contributed by atoms with Crippen molar-refractivity contribution in [3.05, 3.63) is 42.8 Å². The minimum atomic E-state index is -0.143. The number of aromatic nitrogens is 4. The molecule has 1 aliphatic rings. The highest BCUT2D eigenvalue weighted by Crippen LogP contribution is 2.39. The summed E-state index contributed by atoms with van der Waals surface area (Å²) in [7, 11) is 0. The summed E-state index contributed by atoms with van der Waals surface area (Å²) in [5.41, 5.74) is 2.30. The number of carbonyl (C=O) groups excluding carboxylic acids is 1. The third-order valence-electron chi connectivity index (χ3n) is 3.72. The fourth-order valence-corrected chi connectivity index (χ4v) is 2.44. The minimum Gasteiger partial charge on any atom is -0.339 e. The van der Waals surface area contributed by atoms with E-state index in [0.29, 0.717) is 23.3 Å². The van der Waals surface area contributed by atoms with Gasteiger partial charge in [0.25, 0.3) is 0 Å². The van der Waals surface area contributed by atoms with Crippen molar-refractivity contribution in [3.63, 3.8) is 0 Å². The van der Waals surface area contributed by atoms with Crippen LogP contribution in [0.3, 0.4) is 0 Å². The molecule has 0 spiro atoms. The number of hydrogen-bond acceptors (Lipinski definition) is 5. The van der Waals surface area contributed by atoms with Crippen molar-refractivity contribution in [3.8, 4) is 17.1 Å². The van der Waals surface area contributed by atoms with Gasteiger partial charge >= 0.3 is 0 Å². The fraction of sp³-hybridized carbons (Fsp3) is 0.250. The van der Waals surface area contributed by atoms with E-state index >= 15 is 0 Å². The normalized spacial score (nSPS) is 14.0. The molecule has 1 saturated carbocycles. The smallest absolute Gasteiger partial charge is 0.230 e. The summed E-state index contributed by atoms with van der Waals surface area (Å²) in [5, 5.41) is 6.88. The van der Waals surface area contributed by atoms with E-state index in [2.05, 4.69) is 20.4 Å². The lowest BCUT2D eigenvalue weighted by molar-refractivity contribution is -0.114. The predicted octanol–water partition coefficient (Wildman–Crippen LogP) is 2.76. The lowest BCUT2D eigenvalue weighted by Gasteiger charge is -2.11. The molecule has 0 radical (unpaired) electrons. The van der Waals surface area contributed by atoms with Crippen LogP contribution in [0.5, 0.6) is 0 Å². The Balaban J connectivity index is 1.74. The Morgan fingerprint density at radius 3 is 2.96 bits per heavy atom. The third-order valence-corrected chi connectivity index (χ3v) is 3.72. The molecule has 0 atom stereocenters. The van der Waals surface area contributed by atoms with Crippen LogP contribution in [0.4, 0.5) is 5.69 Å². The van der Waals surface area contributed by atoms with Gasteiger partial charge in [-0.2, -0.15) is 4.98 Å². The number of imidazole rings is 1. The van der Waals surface area contributed by atoms with Gasteiger partial charge < -0.3 is 14.4 Å². The Morgan fingerprint density at radius 1 is 1.39 bits per heavy atom. The van der Waals surface area contributed by atoms with Crippen molar-refractivity contribution < 1.29 is 9.32 Å². The quantitative estimate of drug-likeness (QED) is 0.801. The van der Waals surface area contributed by atoms with Gasteiger partial charge in [-0.05, 0) is 31.0 Å². The second kappa shape index (κ2) is 5.35. The molecule has 0 saturated heterocycles. The van der Waals surface area contributed by atoms with Crippen molar-refractivity contribution in [1.29, 1.82) is 0 Å². The first-order valence-corrected chi connectivity index (χ1v) is 7.44. The van der Waals surface area contributed by atoms with Gasteiger partial charge in [-0.15, -0.1) is 0 Å². The number of hydrogen-bond donors (Lipinski definition) is 1. The lowest BCUT2D eigenvalue weighted by Crippen LogP contribution is -2.09. The molecular formula is C16H15N5O2. The largest absolute Gasteiger partial charge is 0.339 e. The topological polar surface area (TPSA) is 85.8 Å². The molecule has 3 aromatic rings. The summed E-state index contributed by atoms with van der Waals surface area (Å²) in [4.78, 5) is 20.0. The number of amides is 1. The SMILES string of the molecule is CC(=O)Nc1cc(-c2noc(C3CC3)n2)ccc1-n1ccnc1. The first kappa shape index (κ1) is 13.7. The Morgan fingerprint density at radius 2 is 2.26 bits per heavy atom. The van der Waals surface area contributed by atoms with E-state index < -0.39 is 0 Å². The number of benzene rings is 1. The highest BCUT2D eigenvalue weighted by Gasteiger charge is 2.29. The minimum absolute atomic E-state index is 0.143. The monoisotopic (exact) mass is 309 g/mol. The predicted molar refractivity (Wildman–Crippen MR) is 83.1 cm³/mol. The van der Waals surface area contributed by atoms with E-state index in [9.17, 15) is 4.79 Å². The molecule has 2 heterocycles. The maximum absolute atomic E-state index is 11.5. The summed E-state index contributed by atoms with van der Waals surface area (Å²) in [5.74, 6) is 1.50. The van der Waals surface area contributed by atoms with Crippen molar-refractivity contribution in [2.24, 2.45) is 0 Å². The van der Waals surface area contributed by atoms with E-state index in [-0.39, 0.29) is 5.91 Å². The van der Waals surface area contributed by atoms with Gasteiger partial charge in [0.2, 0.25) is 17.6 Å². The molecule has 23 heavy (non-hydrogen) atoms. The van der Waals surface area contributed by atoms with Gasteiger partial charge in [-0.3, -0.25) is 4.79 Å². The third kappa shape index (κ3) is 2.73. The number of nitrogens with zero attached hydrogens (tertiary/aromatic N) is 4. The molecule has 1 aromatic carbocycles. The van der Waals surface area contributed by atoms with Crippen LogP contribution < -0.4 is 5.32 Å². The molecule has 1 aliphatic carbocycles. The number of nitrogens with one attached hydrogen (secondary N) is 1. The van der Waals surface area contributed by atoms with E-state index in [1.165, 1.54) is 6.92 Å². The van der Waals surface area contributed by atoms with Gasteiger partial charge in [-0.25, -0.2) is 4.98 Å². The molecule has 2 aromatic heterocycles. The summed E-state index contributed by atoms with van der Waals surface area (Å²) < 4.78 is 7.14. The molecule has 7 heteroatoms. The van der Waals surface area contributed by atoms with Crippen LogP contribution in [0, 0.1) is 0 Å². The lowest BCUT2D eigenvalue weighted by atomic mass is 10.1. The molecule has 4 rings (SSSR count). The first-order valence-electron chi connectivity index (χ1n) is 7.44. The van der Waals surface area contributed by atoms with Gasteiger partial charge in [0.1, 0.15) is 0 Å². The molecule has 1 amide bonds. The van der Waals surface area contributed by atoms with Crippen LogP contribution in [0.2, 0.25) is 0 Å². The van der Waals surface area contributed by atoms with Crippen molar-refractivity contribution in [2.75, 3.05) is 5.32 Å². The highest BCUT2D eigenvalue weighted by molar-refractivity contribution is 5.92. The molecule has 1 N–H and O–H groups in total. The van der Waals surface area contributed by atoms with E-state index in [1.807, 2.05) is 29.0 Å². The van der Waals surface area contributed by atoms with Gasteiger partial charge in [0, 0.05) is 30.8 Å². The first-order chi connectivity index (χ1) is 11.2. The number of carbonyl (C=O) groups is 1. The fourth-order valence-electron chi connectivity index (χ4n) is 2.44. The Hall–Kier alpha value is -2.96. The Bertz CT molecular complexity index is 849. The van der Waals surface area contributed by atoms with Crippen LogP contribution in [0.1, 0.15) is 31.6 Å². The maximum Gasteiger partial charge on any atom is 0.230 e. The average Bonchev–Trinajstić information content (AvgIpc) is 3.04. The number of rotatable bonds is 4. The zero-order valence-corrected chi connectivity index (χ0v) is 12.6. The second-order valence-electron chi connectivity index (χ2n) is 5.61.